The van der Waals surface area contributed by atoms with Crippen molar-refractivity contribution in [1.82, 2.24) is 14.8 Å². The number of furan rings is 1. The molecular formula is C24H28N6O2S2. The third-order valence-corrected chi connectivity index (χ3v) is 8.69. The van der Waals surface area contributed by atoms with E-state index in [2.05, 4.69) is 26.5 Å². The summed E-state index contributed by atoms with van der Waals surface area (Å²) in [5.41, 5.74) is 1.78. The standard InChI is InChI=1S/C24H28N6O2S2/c1-16(21(31)26-22-19(14-25)18-9-3-2-4-10-20(18)34-22)33-24-28-27-23(29-11-5-6-12-29)30(24)15-17-8-7-13-32-17/h7-8,13,16H,2-6,9-12,15H2,1H3,(H,26,31). The van der Waals surface area contributed by atoms with Crippen LogP contribution in [0.5, 0.6) is 0 Å². The summed E-state index contributed by atoms with van der Waals surface area (Å²) in [7, 11) is 0. The van der Waals surface area contributed by atoms with E-state index in [9.17, 15) is 10.1 Å². The molecule has 0 saturated carbocycles. The van der Waals surface area contributed by atoms with E-state index in [0.717, 1.165) is 68.9 Å². The van der Waals surface area contributed by atoms with Gasteiger partial charge in [0, 0.05) is 18.0 Å². The second-order valence-corrected chi connectivity index (χ2v) is 11.2. The lowest BCUT2D eigenvalue weighted by Gasteiger charge is -2.18. The third-order valence-electron chi connectivity index (χ3n) is 6.40. The average Bonchev–Trinajstić information content (AvgIpc) is 3.62. The van der Waals surface area contributed by atoms with E-state index in [1.54, 1.807) is 17.6 Å². The molecule has 3 aromatic rings. The number of aromatic nitrogens is 3. The van der Waals surface area contributed by atoms with Crippen molar-refractivity contribution in [2.45, 2.75) is 68.8 Å². The van der Waals surface area contributed by atoms with Gasteiger partial charge in [0.15, 0.2) is 5.16 Å². The smallest absolute Gasteiger partial charge is 0.238 e. The Morgan fingerprint density at radius 2 is 2.09 bits per heavy atom. The number of thiophene rings is 1. The molecule has 0 bridgehead atoms. The molecule has 1 N–H and O–H groups in total. The zero-order chi connectivity index (χ0) is 23.5. The van der Waals surface area contributed by atoms with Crippen LogP contribution in [-0.4, -0.2) is 39.0 Å². The van der Waals surface area contributed by atoms with Crippen LogP contribution in [0.25, 0.3) is 0 Å². The molecule has 1 saturated heterocycles. The number of aryl methyl sites for hydroxylation is 1. The highest BCUT2D eigenvalue weighted by molar-refractivity contribution is 8.00. The summed E-state index contributed by atoms with van der Waals surface area (Å²) in [6.07, 6.45) is 9.29. The van der Waals surface area contributed by atoms with E-state index in [-0.39, 0.29) is 5.91 Å². The van der Waals surface area contributed by atoms with E-state index < -0.39 is 5.25 Å². The number of anilines is 2. The molecule has 2 aliphatic rings. The molecule has 0 spiro atoms. The number of hydrogen-bond acceptors (Lipinski definition) is 8. The maximum atomic E-state index is 13.1. The maximum absolute atomic E-state index is 13.1. The summed E-state index contributed by atoms with van der Waals surface area (Å²) >= 11 is 2.94. The Bertz CT molecular complexity index is 1190. The highest BCUT2D eigenvalue weighted by Gasteiger charge is 2.27. The van der Waals surface area contributed by atoms with Gasteiger partial charge < -0.3 is 14.6 Å². The van der Waals surface area contributed by atoms with E-state index in [0.29, 0.717) is 22.3 Å². The van der Waals surface area contributed by atoms with Gasteiger partial charge in [0.2, 0.25) is 11.9 Å². The van der Waals surface area contributed by atoms with Crippen LogP contribution < -0.4 is 10.2 Å². The average molecular weight is 497 g/mol. The predicted molar refractivity (Wildman–Crippen MR) is 134 cm³/mol. The SMILES string of the molecule is CC(Sc1nnc(N2CCCC2)n1Cc1ccco1)C(=O)Nc1sc2c(c1C#N)CCCCC2. The van der Waals surface area contributed by atoms with Crippen molar-refractivity contribution >= 4 is 40.0 Å². The third kappa shape index (κ3) is 4.72. The summed E-state index contributed by atoms with van der Waals surface area (Å²) in [4.78, 5) is 16.6. The Balaban J connectivity index is 1.34. The number of fused-ring (bicyclic) bond motifs is 1. The van der Waals surface area contributed by atoms with Crippen LogP contribution in [0, 0.1) is 11.3 Å². The summed E-state index contributed by atoms with van der Waals surface area (Å²) in [6.45, 7) is 4.29. The van der Waals surface area contributed by atoms with Gasteiger partial charge in [-0.3, -0.25) is 9.36 Å². The number of nitrogens with zero attached hydrogens (tertiary/aromatic N) is 5. The quantitative estimate of drug-likeness (QED) is 0.369. The van der Waals surface area contributed by atoms with Gasteiger partial charge in [0.25, 0.3) is 0 Å². The minimum atomic E-state index is -0.403. The van der Waals surface area contributed by atoms with Crippen molar-refractivity contribution < 1.29 is 9.21 Å². The van der Waals surface area contributed by atoms with Crippen LogP contribution in [0.1, 0.15) is 60.8 Å². The van der Waals surface area contributed by atoms with Crippen molar-refractivity contribution in [3.05, 3.63) is 40.2 Å². The Morgan fingerprint density at radius 1 is 1.26 bits per heavy atom. The van der Waals surface area contributed by atoms with Crippen molar-refractivity contribution in [3.63, 3.8) is 0 Å². The van der Waals surface area contributed by atoms with E-state index >= 15 is 0 Å². The van der Waals surface area contributed by atoms with Gasteiger partial charge in [-0.15, -0.1) is 21.5 Å². The molecule has 1 unspecified atom stereocenters. The topological polar surface area (TPSA) is 100.0 Å². The van der Waals surface area contributed by atoms with Crippen LogP contribution in [0.3, 0.4) is 0 Å². The predicted octanol–water partition coefficient (Wildman–Crippen LogP) is 4.84. The summed E-state index contributed by atoms with van der Waals surface area (Å²) < 4.78 is 7.61. The van der Waals surface area contributed by atoms with Gasteiger partial charge >= 0.3 is 0 Å². The number of carbonyl (C=O) groups is 1. The lowest BCUT2D eigenvalue weighted by atomic mass is 10.1. The first-order valence-corrected chi connectivity index (χ1v) is 13.6. The molecular weight excluding hydrogens is 468 g/mol. The molecule has 1 atom stereocenters. The largest absolute Gasteiger partial charge is 0.467 e. The van der Waals surface area contributed by atoms with Gasteiger partial charge in [-0.1, -0.05) is 18.2 Å². The molecule has 34 heavy (non-hydrogen) atoms. The van der Waals surface area contributed by atoms with Crippen molar-refractivity contribution in [2.24, 2.45) is 0 Å². The molecule has 0 aromatic carbocycles. The molecule has 1 aliphatic carbocycles. The fraction of sp³-hybridized carbons (Fsp3) is 0.500. The van der Waals surface area contributed by atoms with Gasteiger partial charge in [0.05, 0.1) is 23.6 Å². The number of hydrogen-bond donors (Lipinski definition) is 1. The Kier molecular flexibility index (Phi) is 6.92. The molecule has 1 aliphatic heterocycles. The Labute approximate surface area is 207 Å². The molecule has 4 heterocycles. The molecule has 178 valence electrons. The highest BCUT2D eigenvalue weighted by atomic mass is 32.2. The highest BCUT2D eigenvalue weighted by Crippen LogP contribution is 2.37. The molecule has 5 rings (SSSR count). The first-order valence-electron chi connectivity index (χ1n) is 11.9. The van der Waals surface area contributed by atoms with Crippen LogP contribution >= 0.6 is 23.1 Å². The number of amides is 1. The monoisotopic (exact) mass is 496 g/mol. The summed E-state index contributed by atoms with van der Waals surface area (Å²) in [6, 6.07) is 6.14. The fourth-order valence-electron chi connectivity index (χ4n) is 4.59. The van der Waals surface area contributed by atoms with Gasteiger partial charge in [-0.25, -0.2) is 0 Å². The number of nitrogens with one attached hydrogen (secondary N) is 1. The van der Waals surface area contributed by atoms with Crippen molar-refractivity contribution in [3.8, 4) is 6.07 Å². The van der Waals surface area contributed by atoms with Gasteiger partial charge in [-0.05, 0) is 63.1 Å². The lowest BCUT2D eigenvalue weighted by molar-refractivity contribution is -0.115. The Hall–Kier alpha value is -2.77. The number of nitriles is 1. The second kappa shape index (κ2) is 10.2. The van der Waals surface area contributed by atoms with Crippen LogP contribution in [-0.2, 0) is 24.2 Å². The fourth-order valence-corrected chi connectivity index (χ4v) is 6.68. The molecule has 3 aromatic heterocycles. The van der Waals surface area contributed by atoms with Crippen LogP contribution in [0.4, 0.5) is 10.9 Å². The molecule has 1 amide bonds. The normalized spacial score (nSPS) is 16.6. The molecule has 0 radical (unpaired) electrons. The van der Waals surface area contributed by atoms with Crippen LogP contribution in [0.15, 0.2) is 28.0 Å². The summed E-state index contributed by atoms with van der Waals surface area (Å²) in [5, 5.41) is 22.7. The molecule has 10 heteroatoms. The van der Waals surface area contributed by atoms with E-state index in [4.69, 9.17) is 4.42 Å². The number of rotatable bonds is 7. The van der Waals surface area contributed by atoms with Crippen molar-refractivity contribution in [2.75, 3.05) is 23.3 Å². The van der Waals surface area contributed by atoms with E-state index in [1.807, 2.05) is 23.6 Å². The lowest BCUT2D eigenvalue weighted by Crippen LogP contribution is -2.24. The summed E-state index contributed by atoms with van der Waals surface area (Å²) in [5.74, 6) is 1.50. The Morgan fingerprint density at radius 3 is 2.85 bits per heavy atom. The zero-order valence-corrected chi connectivity index (χ0v) is 20.9. The van der Waals surface area contributed by atoms with E-state index in [1.165, 1.54) is 23.1 Å². The first-order chi connectivity index (χ1) is 16.6. The number of carbonyl (C=O) groups excluding carboxylic acids is 1. The second-order valence-electron chi connectivity index (χ2n) is 8.77. The molecule has 1 fully saturated rings. The minimum absolute atomic E-state index is 0.131. The number of thioether (sulfide) groups is 1. The van der Waals surface area contributed by atoms with Gasteiger partial charge in [0.1, 0.15) is 16.8 Å². The van der Waals surface area contributed by atoms with Crippen LogP contribution in [0.2, 0.25) is 0 Å². The molecule has 8 nitrogen and oxygen atoms in total. The van der Waals surface area contributed by atoms with Crippen molar-refractivity contribution in [1.29, 1.82) is 5.26 Å². The maximum Gasteiger partial charge on any atom is 0.238 e. The zero-order valence-electron chi connectivity index (χ0n) is 19.2. The minimum Gasteiger partial charge on any atom is -0.467 e. The first kappa shape index (κ1) is 23.0. The van der Waals surface area contributed by atoms with Gasteiger partial charge in [-0.2, -0.15) is 5.26 Å².